The van der Waals surface area contributed by atoms with Crippen LogP contribution in [0.2, 0.25) is 0 Å². The normalized spacial score (nSPS) is 15.6. The highest BCUT2D eigenvalue weighted by Crippen LogP contribution is 2.36. The smallest absolute Gasteiger partial charge is 0.294 e. The fourth-order valence-electron chi connectivity index (χ4n) is 4.56. The predicted octanol–water partition coefficient (Wildman–Crippen LogP) is 2.68. The van der Waals surface area contributed by atoms with Gasteiger partial charge in [0, 0.05) is 40.3 Å². The third kappa shape index (κ3) is 2.64. The maximum absolute atomic E-state index is 13.5. The highest BCUT2D eigenvalue weighted by atomic mass is 32.2. The third-order valence-electron chi connectivity index (χ3n) is 5.97. The van der Waals surface area contributed by atoms with Gasteiger partial charge in [-0.15, -0.1) is 0 Å². The Morgan fingerprint density at radius 3 is 2.52 bits per heavy atom. The highest BCUT2D eigenvalue weighted by Gasteiger charge is 2.21. The van der Waals surface area contributed by atoms with Crippen molar-refractivity contribution < 1.29 is 17.7 Å². The first-order valence-corrected chi connectivity index (χ1v) is 11.3. The van der Waals surface area contributed by atoms with E-state index in [9.17, 15) is 17.8 Å². The summed E-state index contributed by atoms with van der Waals surface area (Å²) >= 11 is 0. The summed E-state index contributed by atoms with van der Waals surface area (Å²) in [6.07, 6.45) is 0. The number of fused-ring (bicyclic) bond motifs is 4. The van der Waals surface area contributed by atoms with Gasteiger partial charge in [0.15, 0.2) is 0 Å². The number of hydrogen-bond acceptors (Lipinski definition) is 6. The lowest BCUT2D eigenvalue weighted by Gasteiger charge is -2.30. The Kier molecular flexibility index (Phi) is 3.80. The number of pyridine rings is 1. The molecule has 0 aliphatic carbocycles. The molecular formula is C22H17N3O5S. The zero-order chi connectivity index (χ0) is 21.3. The molecule has 1 N–H and O–H groups in total. The minimum Gasteiger partial charge on any atom is -0.378 e. The Balaban J connectivity index is 1.73. The van der Waals surface area contributed by atoms with Crippen LogP contribution in [-0.2, 0) is 14.9 Å². The molecule has 156 valence electrons. The van der Waals surface area contributed by atoms with Crippen LogP contribution in [0.15, 0.2) is 58.2 Å². The van der Waals surface area contributed by atoms with E-state index in [4.69, 9.17) is 4.74 Å². The van der Waals surface area contributed by atoms with Gasteiger partial charge in [-0.2, -0.15) is 8.42 Å². The van der Waals surface area contributed by atoms with Crippen LogP contribution in [0.3, 0.4) is 0 Å². The monoisotopic (exact) mass is 435 g/mol. The molecule has 0 spiro atoms. The summed E-state index contributed by atoms with van der Waals surface area (Å²) in [6, 6.07) is 13.8. The van der Waals surface area contributed by atoms with Gasteiger partial charge in [0.2, 0.25) is 0 Å². The van der Waals surface area contributed by atoms with E-state index < -0.39 is 10.1 Å². The highest BCUT2D eigenvalue weighted by molar-refractivity contribution is 7.85. The average molecular weight is 435 g/mol. The standard InChI is InChI=1S/C22H17N3O5S/c26-22-16-3-1-2-14-18(24-8-10-30-11-9-24)7-5-15(20(14)16)21-23-17-12-13(31(27,28)29)4-6-19(17)25(21)22/h1-7,12H,8-11H2,(H,27,28,29). The average Bonchev–Trinajstić information content (AvgIpc) is 3.16. The van der Waals surface area contributed by atoms with E-state index >= 15 is 0 Å². The van der Waals surface area contributed by atoms with E-state index in [1.807, 2.05) is 24.3 Å². The van der Waals surface area contributed by atoms with E-state index in [2.05, 4.69) is 9.88 Å². The molecule has 31 heavy (non-hydrogen) atoms. The van der Waals surface area contributed by atoms with Crippen molar-refractivity contribution in [1.82, 2.24) is 9.38 Å². The maximum atomic E-state index is 13.5. The first kappa shape index (κ1) is 18.5. The van der Waals surface area contributed by atoms with Crippen LogP contribution in [0.4, 0.5) is 5.69 Å². The van der Waals surface area contributed by atoms with Crippen molar-refractivity contribution in [1.29, 1.82) is 0 Å². The Bertz CT molecular complexity index is 1670. The summed E-state index contributed by atoms with van der Waals surface area (Å²) in [7, 11) is -4.37. The van der Waals surface area contributed by atoms with Crippen LogP contribution in [0.5, 0.6) is 0 Å². The number of anilines is 1. The van der Waals surface area contributed by atoms with Gasteiger partial charge in [0.05, 0.1) is 29.1 Å². The molecule has 2 aromatic heterocycles. The number of rotatable bonds is 2. The summed E-state index contributed by atoms with van der Waals surface area (Å²) < 4.78 is 39.5. The van der Waals surface area contributed by atoms with Crippen LogP contribution in [0.25, 0.3) is 38.2 Å². The van der Waals surface area contributed by atoms with Crippen LogP contribution in [-0.4, -0.2) is 48.7 Å². The topological polar surface area (TPSA) is 101 Å². The van der Waals surface area contributed by atoms with Crippen molar-refractivity contribution in [2.45, 2.75) is 4.90 Å². The Hall–Kier alpha value is -3.27. The second-order valence-electron chi connectivity index (χ2n) is 7.66. The minimum atomic E-state index is -4.37. The molecule has 8 nitrogen and oxygen atoms in total. The Morgan fingerprint density at radius 1 is 0.968 bits per heavy atom. The molecule has 9 heteroatoms. The van der Waals surface area contributed by atoms with Gasteiger partial charge in [-0.3, -0.25) is 13.7 Å². The lowest BCUT2D eigenvalue weighted by Crippen LogP contribution is -2.36. The van der Waals surface area contributed by atoms with Gasteiger partial charge in [0.1, 0.15) is 5.65 Å². The van der Waals surface area contributed by atoms with Crippen LogP contribution in [0.1, 0.15) is 0 Å². The maximum Gasteiger partial charge on any atom is 0.294 e. The van der Waals surface area contributed by atoms with Gasteiger partial charge in [-0.25, -0.2) is 4.98 Å². The first-order valence-electron chi connectivity index (χ1n) is 9.87. The molecule has 0 unspecified atom stereocenters. The molecule has 5 aromatic rings. The van der Waals surface area contributed by atoms with Crippen molar-refractivity contribution in [3.8, 4) is 0 Å². The lowest BCUT2D eigenvalue weighted by atomic mass is 10.00. The summed E-state index contributed by atoms with van der Waals surface area (Å²) in [5.74, 6) is 0. The fraction of sp³-hybridized carbons (Fsp3) is 0.182. The molecule has 0 amide bonds. The van der Waals surface area contributed by atoms with Gasteiger partial charge in [-0.1, -0.05) is 12.1 Å². The summed E-state index contributed by atoms with van der Waals surface area (Å²) in [6.45, 7) is 2.88. The predicted molar refractivity (Wildman–Crippen MR) is 118 cm³/mol. The SMILES string of the molecule is O=c1c2cccc3c(N4CCOCC4)ccc(c32)c2nc3cc(S(=O)(=O)O)ccc3n12. The number of aromatic nitrogens is 2. The van der Waals surface area contributed by atoms with E-state index in [1.54, 1.807) is 6.07 Å². The van der Waals surface area contributed by atoms with Gasteiger partial charge in [-0.05, 0) is 36.4 Å². The molecular weight excluding hydrogens is 418 g/mol. The zero-order valence-corrected chi connectivity index (χ0v) is 17.1. The zero-order valence-electron chi connectivity index (χ0n) is 16.3. The fourth-order valence-corrected chi connectivity index (χ4v) is 5.06. The largest absolute Gasteiger partial charge is 0.378 e. The number of ether oxygens (including phenoxy) is 1. The summed E-state index contributed by atoms with van der Waals surface area (Å²) in [5.41, 5.74) is 2.12. The van der Waals surface area contributed by atoms with Crippen molar-refractivity contribution in [2.24, 2.45) is 0 Å². The second kappa shape index (κ2) is 6.36. The minimum absolute atomic E-state index is 0.214. The van der Waals surface area contributed by atoms with E-state index in [-0.39, 0.29) is 10.5 Å². The number of benzene rings is 3. The molecule has 3 heterocycles. The summed E-state index contributed by atoms with van der Waals surface area (Å²) in [4.78, 5) is 20.0. The quantitative estimate of drug-likeness (QED) is 0.426. The van der Waals surface area contributed by atoms with Crippen LogP contribution in [0, 0.1) is 0 Å². The number of nitrogens with zero attached hydrogens (tertiary/aromatic N) is 3. The number of hydrogen-bond donors (Lipinski definition) is 1. The van der Waals surface area contributed by atoms with Crippen LogP contribution >= 0.6 is 0 Å². The molecule has 1 saturated heterocycles. The van der Waals surface area contributed by atoms with E-state index in [1.165, 1.54) is 22.6 Å². The van der Waals surface area contributed by atoms with Crippen molar-refractivity contribution in [3.05, 3.63) is 58.9 Å². The number of morpholine rings is 1. The van der Waals surface area contributed by atoms with Gasteiger partial charge in [0.25, 0.3) is 15.7 Å². The lowest BCUT2D eigenvalue weighted by molar-refractivity contribution is 0.123. The van der Waals surface area contributed by atoms with Crippen molar-refractivity contribution in [2.75, 3.05) is 31.2 Å². The van der Waals surface area contributed by atoms with Crippen molar-refractivity contribution in [3.63, 3.8) is 0 Å². The van der Waals surface area contributed by atoms with E-state index in [0.717, 1.165) is 34.9 Å². The van der Waals surface area contributed by atoms with Crippen LogP contribution < -0.4 is 10.5 Å². The Labute approximate surface area is 176 Å². The summed E-state index contributed by atoms with van der Waals surface area (Å²) in [5, 5.41) is 3.21. The third-order valence-corrected chi connectivity index (χ3v) is 6.82. The van der Waals surface area contributed by atoms with E-state index in [0.29, 0.717) is 35.3 Å². The number of imidazole rings is 1. The van der Waals surface area contributed by atoms with Gasteiger partial charge >= 0.3 is 0 Å². The molecule has 1 aliphatic heterocycles. The van der Waals surface area contributed by atoms with Crippen molar-refractivity contribution >= 4 is 54.0 Å². The molecule has 0 saturated carbocycles. The molecule has 0 bridgehead atoms. The molecule has 0 radical (unpaired) electrons. The molecule has 0 atom stereocenters. The molecule has 1 fully saturated rings. The second-order valence-corrected chi connectivity index (χ2v) is 9.08. The van der Waals surface area contributed by atoms with Gasteiger partial charge < -0.3 is 9.64 Å². The molecule has 1 aliphatic rings. The first-order chi connectivity index (χ1) is 14.9. The molecule has 6 rings (SSSR count). The molecule has 3 aromatic carbocycles. The Morgan fingerprint density at radius 2 is 1.74 bits per heavy atom.